The number of nitrogens with zero attached hydrogens (tertiary/aromatic N) is 3. The molecule has 2 N–H and O–H groups in total. The maximum Gasteiger partial charge on any atom is 0.222 e. The molecule has 0 aliphatic carbocycles. The Morgan fingerprint density at radius 1 is 0.857 bits per heavy atom. The number of nitrogen functional groups attached to an aromatic ring is 1. The molecular formula is C15H16Cl2N4. The molecule has 4 nitrogen and oxygen atoms in total. The number of benzene rings is 2. The second-order valence-electron chi connectivity index (χ2n) is 4.32. The van der Waals surface area contributed by atoms with E-state index in [1.54, 1.807) is 0 Å². The van der Waals surface area contributed by atoms with Crippen LogP contribution in [0.4, 0.5) is 17.5 Å². The maximum atomic E-state index is 5.79. The monoisotopic (exact) mass is 322 g/mol. The van der Waals surface area contributed by atoms with Crippen molar-refractivity contribution in [3.63, 3.8) is 0 Å². The van der Waals surface area contributed by atoms with E-state index in [1.165, 1.54) is 0 Å². The number of hydrogen-bond acceptors (Lipinski definition) is 4. The van der Waals surface area contributed by atoms with Crippen LogP contribution in [-0.2, 0) is 0 Å². The highest BCUT2D eigenvalue weighted by molar-refractivity contribution is 5.92. The van der Waals surface area contributed by atoms with Gasteiger partial charge in [-0.25, -0.2) is 4.98 Å². The van der Waals surface area contributed by atoms with E-state index in [2.05, 4.69) is 9.97 Å². The third kappa shape index (κ3) is 3.35. The summed E-state index contributed by atoms with van der Waals surface area (Å²) < 4.78 is 0. The Morgan fingerprint density at radius 2 is 1.48 bits per heavy atom. The molecule has 2 aromatic carbocycles. The lowest BCUT2D eigenvalue weighted by molar-refractivity contribution is 1.12. The van der Waals surface area contributed by atoms with Gasteiger partial charge in [-0.05, 0) is 24.3 Å². The SMILES string of the molecule is CN(c1ccccc1)c1nc(N)nc2ccccc12.Cl.Cl. The molecule has 3 aromatic rings. The molecule has 0 saturated carbocycles. The summed E-state index contributed by atoms with van der Waals surface area (Å²) in [5.41, 5.74) is 7.71. The summed E-state index contributed by atoms with van der Waals surface area (Å²) in [7, 11) is 1.98. The average molecular weight is 323 g/mol. The van der Waals surface area contributed by atoms with Crippen LogP contribution in [0, 0.1) is 0 Å². The normalized spacial score (nSPS) is 9.57. The molecule has 110 valence electrons. The summed E-state index contributed by atoms with van der Waals surface area (Å²) >= 11 is 0. The first-order valence-electron chi connectivity index (χ1n) is 6.07. The smallest absolute Gasteiger partial charge is 0.222 e. The van der Waals surface area contributed by atoms with Gasteiger partial charge in [0.1, 0.15) is 5.82 Å². The van der Waals surface area contributed by atoms with E-state index < -0.39 is 0 Å². The van der Waals surface area contributed by atoms with Crippen LogP contribution in [0.15, 0.2) is 54.6 Å². The Morgan fingerprint density at radius 3 is 2.19 bits per heavy atom. The second kappa shape index (κ2) is 7.11. The fourth-order valence-corrected chi connectivity index (χ4v) is 2.11. The molecule has 0 aliphatic heterocycles. The van der Waals surface area contributed by atoms with Crippen molar-refractivity contribution < 1.29 is 0 Å². The van der Waals surface area contributed by atoms with Gasteiger partial charge >= 0.3 is 0 Å². The molecule has 0 bridgehead atoms. The lowest BCUT2D eigenvalue weighted by Crippen LogP contribution is -2.13. The van der Waals surface area contributed by atoms with Crippen LogP contribution in [0.2, 0.25) is 0 Å². The standard InChI is InChI=1S/C15H14N4.2ClH/c1-19(11-7-3-2-4-8-11)14-12-9-5-6-10-13(12)17-15(16)18-14;;/h2-10H,1H3,(H2,16,17,18);2*1H. The largest absolute Gasteiger partial charge is 0.368 e. The first-order valence-corrected chi connectivity index (χ1v) is 6.07. The third-order valence-electron chi connectivity index (χ3n) is 3.06. The van der Waals surface area contributed by atoms with Crippen molar-refractivity contribution in [1.29, 1.82) is 0 Å². The number of para-hydroxylation sites is 2. The van der Waals surface area contributed by atoms with Gasteiger partial charge in [-0.15, -0.1) is 24.8 Å². The van der Waals surface area contributed by atoms with E-state index >= 15 is 0 Å². The van der Waals surface area contributed by atoms with Gasteiger partial charge in [-0.1, -0.05) is 30.3 Å². The Labute approximate surface area is 135 Å². The average Bonchev–Trinajstić information content (AvgIpc) is 2.46. The molecule has 0 fully saturated rings. The molecular weight excluding hydrogens is 307 g/mol. The van der Waals surface area contributed by atoms with Gasteiger partial charge in [0, 0.05) is 18.1 Å². The van der Waals surface area contributed by atoms with Gasteiger partial charge in [0.05, 0.1) is 5.52 Å². The van der Waals surface area contributed by atoms with E-state index in [1.807, 2.05) is 66.5 Å². The molecule has 0 amide bonds. The Bertz CT molecular complexity index is 719. The van der Waals surface area contributed by atoms with Crippen LogP contribution < -0.4 is 10.6 Å². The van der Waals surface area contributed by atoms with Gasteiger partial charge in [-0.2, -0.15) is 4.98 Å². The van der Waals surface area contributed by atoms with Crippen molar-refractivity contribution in [2.45, 2.75) is 0 Å². The van der Waals surface area contributed by atoms with Gasteiger partial charge in [-0.3, -0.25) is 0 Å². The fraction of sp³-hybridized carbons (Fsp3) is 0.0667. The predicted octanol–water partition coefficient (Wildman–Crippen LogP) is 3.82. The van der Waals surface area contributed by atoms with Gasteiger partial charge in [0.2, 0.25) is 5.95 Å². The van der Waals surface area contributed by atoms with Crippen LogP contribution >= 0.6 is 24.8 Å². The summed E-state index contributed by atoms with van der Waals surface area (Å²) in [5, 5.41) is 0.989. The fourth-order valence-electron chi connectivity index (χ4n) is 2.11. The summed E-state index contributed by atoms with van der Waals surface area (Å²) in [6, 6.07) is 17.9. The summed E-state index contributed by atoms with van der Waals surface area (Å²) in [6.07, 6.45) is 0. The van der Waals surface area contributed by atoms with E-state index in [-0.39, 0.29) is 30.8 Å². The number of anilines is 3. The molecule has 0 saturated heterocycles. The van der Waals surface area contributed by atoms with Crippen LogP contribution in [-0.4, -0.2) is 17.0 Å². The molecule has 0 unspecified atom stereocenters. The van der Waals surface area contributed by atoms with Crippen molar-refractivity contribution in [2.24, 2.45) is 0 Å². The van der Waals surface area contributed by atoms with Gasteiger partial charge in [0.15, 0.2) is 0 Å². The predicted molar refractivity (Wildman–Crippen MR) is 93.0 cm³/mol. The van der Waals surface area contributed by atoms with E-state index in [9.17, 15) is 0 Å². The molecule has 0 atom stereocenters. The minimum Gasteiger partial charge on any atom is -0.368 e. The highest BCUT2D eigenvalue weighted by Gasteiger charge is 2.11. The number of hydrogen-bond donors (Lipinski definition) is 1. The number of rotatable bonds is 2. The summed E-state index contributed by atoms with van der Waals surface area (Å²) in [5.74, 6) is 1.10. The minimum absolute atomic E-state index is 0. The zero-order valence-electron chi connectivity index (χ0n) is 11.4. The lowest BCUT2D eigenvalue weighted by Gasteiger charge is -2.20. The van der Waals surface area contributed by atoms with Crippen molar-refractivity contribution in [2.75, 3.05) is 17.7 Å². The van der Waals surface area contributed by atoms with Crippen LogP contribution in [0.3, 0.4) is 0 Å². The van der Waals surface area contributed by atoms with E-state index in [0.29, 0.717) is 0 Å². The molecule has 1 heterocycles. The molecule has 3 rings (SSSR count). The summed E-state index contributed by atoms with van der Waals surface area (Å²) in [6.45, 7) is 0. The zero-order chi connectivity index (χ0) is 13.2. The van der Waals surface area contributed by atoms with Crippen LogP contribution in [0.1, 0.15) is 0 Å². The number of nitrogens with two attached hydrogens (primary N) is 1. The maximum absolute atomic E-state index is 5.79. The number of aromatic nitrogens is 2. The van der Waals surface area contributed by atoms with Crippen molar-refractivity contribution in [3.05, 3.63) is 54.6 Å². The first-order chi connectivity index (χ1) is 9.25. The minimum atomic E-state index is 0. The first kappa shape index (κ1) is 17.0. The molecule has 0 spiro atoms. The second-order valence-corrected chi connectivity index (χ2v) is 4.32. The van der Waals surface area contributed by atoms with Crippen molar-refractivity contribution >= 4 is 53.2 Å². The highest BCUT2D eigenvalue weighted by Crippen LogP contribution is 2.28. The van der Waals surface area contributed by atoms with Crippen molar-refractivity contribution in [3.8, 4) is 0 Å². The van der Waals surface area contributed by atoms with Crippen LogP contribution in [0.25, 0.3) is 10.9 Å². The van der Waals surface area contributed by atoms with Gasteiger partial charge in [0.25, 0.3) is 0 Å². The molecule has 1 aromatic heterocycles. The number of fused-ring (bicyclic) bond motifs is 1. The topological polar surface area (TPSA) is 55.0 Å². The van der Waals surface area contributed by atoms with E-state index in [4.69, 9.17) is 5.73 Å². The molecule has 0 radical (unpaired) electrons. The van der Waals surface area contributed by atoms with Crippen molar-refractivity contribution in [1.82, 2.24) is 9.97 Å². The quantitative estimate of drug-likeness (QED) is 0.779. The number of halogens is 2. The van der Waals surface area contributed by atoms with Crippen LogP contribution in [0.5, 0.6) is 0 Å². The Balaban J connectivity index is 0.00000110. The molecule has 6 heteroatoms. The zero-order valence-corrected chi connectivity index (χ0v) is 13.1. The summed E-state index contributed by atoms with van der Waals surface area (Å²) in [4.78, 5) is 10.6. The van der Waals surface area contributed by atoms with E-state index in [0.717, 1.165) is 22.4 Å². The lowest BCUT2D eigenvalue weighted by atomic mass is 10.2. The van der Waals surface area contributed by atoms with Gasteiger partial charge < -0.3 is 10.6 Å². The Hall–Kier alpha value is -2.04. The highest BCUT2D eigenvalue weighted by atomic mass is 35.5. The molecule has 21 heavy (non-hydrogen) atoms. The Kier molecular flexibility index (Phi) is 5.76. The molecule has 0 aliphatic rings. The third-order valence-corrected chi connectivity index (χ3v) is 3.06.